The zero-order chi connectivity index (χ0) is 17.2. The molecule has 3 aromatic rings. The molecule has 124 valence electrons. The third-order valence-electron chi connectivity index (χ3n) is 3.32. The molecule has 0 spiro atoms. The Morgan fingerprint density at radius 3 is 2.58 bits per heavy atom. The molecule has 0 saturated heterocycles. The van der Waals surface area contributed by atoms with Crippen LogP contribution in [-0.2, 0) is 16.4 Å². The number of nitrogens with one attached hydrogen (secondary N) is 1. The Kier molecular flexibility index (Phi) is 4.26. The first kappa shape index (κ1) is 16.1. The molecule has 0 aliphatic rings. The molecule has 0 aliphatic heterocycles. The highest BCUT2D eigenvalue weighted by molar-refractivity contribution is 7.90. The van der Waals surface area contributed by atoms with Gasteiger partial charge in [0.05, 0.1) is 17.1 Å². The summed E-state index contributed by atoms with van der Waals surface area (Å²) in [5.74, 6) is 0.169. The lowest BCUT2D eigenvalue weighted by Gasteiger charge is -2.08. The normalized spacial score (nSPS) is 11.4. The summed E-state index contributed by atoms with van der Waals surface area (Å²) < 4.78 is 37.7. The Bertz CT molecular complexity index is 954. The van der Waals surface area contributed by atoms with Crippen molar-refractivity contribution in [2.45, 2.75) is 11.4 Å². The van der Waals surface area contributed by atoms with Gasteiger partial charge in [-0.15, -0.1) is 5.10 Å². The lowest BCUT2D eigenvalue weighted by molar-refractivity contribution is 0.602. The minimum atomic E-state index is -3.26. The first-order valence-corrected chi connectivity index (χ1v) is 8.90. The van der Waals surface area contributed by atoms with Crippen molar-refractivity contribution in [2.24, 2.45) is 0 Å². The van der Waals surface area contributed by atoms with Crippen LogP contribution < -0.4 is 5.32 Å². The van der Waals surface area contributed by atoms with Gasteiger partial charge in [0, 0.05) is 11.9 Å². The van der Waals surface area contributed by atoms with Crippen LogP contribution in [0.1, 0.15) is 5.82 Å². The van der Waals surface area contributed by atoms with Crippen molar-refractivity contribution in [3.05, 3.63) is 60.2 Å². The molecular formula is C15H14FN5O2S. The van der Waals surface area contributed by atoms with Crippen molar-refractivity contribution in [3.63, 3.8) is 0 Å². The van der Waals surface area contributed by atoms with Crippen LogP contribution in [0, 0.1) is 5.82 Å². The molecular weight excluding hydrogens is 333 g/mol. The Labute approximate surface area is 138 Å². The smallest absolute Gasteiger partial charge is 0.175 e. The number of hydrogen-bond acceptors (Lipinski definition) is 6. The van der Waals surface area contributed by atoms with Crippen molar-refractivity contribution in [2.75, 3.05) is 11.6 Å². The molecule has 0 radical (unpaired) electrons. The van der Waals surface area contributed by atoms with Crippen LogP contribution in [0.25, 0.3) is 5.69 Å². The summed E-state index contributed by atoms with van der Waals surface area (Å²) in [7, 11) is -3.26. The summed E-state index contributed by atoms with van der Waals surface area (Å²) in [4.78, 5) is 0.221. The molecule has 0 unspecified atom stereocenters. The molecule has 24 heavy (non-hydrogen) atoms. The highest BCUT2D eigenvalue weighted by Crippen LogP contribution is 2.15. The Morgan fingerprint density at radius 1 is 1.17 bits per heavy atom. The largest absolute Gasteiger partial charge is 0.378 e. The fourth-order valence-electron chi connectivity index (χ4n) is 2.13. The fourth-order valence-corrected chi connectivity index (χ4v) is 2.76. The number of sulfone groups is 1. The highest BCUT2D eigenvalue weighted by Gasteiger charge is 2.11. The predicted octanol–water partition coefficient (Wildman–Crippen LogP) is 1.82. The molecule has 1 N–H and O–H groups in total. The summed E-state index contributed by atoms with van der Waals surface area (Å²) >= 11 is 0. The zero-order valence-electron chi connectivity index (χ0n) is 12.7. The van der Waals surface area contributed by atoms with Gasteiger partial charge in [0.1, 0.15) is 5.82 Å². The van der Waals surface area contributed by atoms with Gasteiger partial charge >= 0.3 is 0 Å². The van der Waals surface area contributed by atoms with Crippen molar-refractivity contribution < 1.29 is 12.8 Å². The molecule has 9 heteroatoms. The number of nitrogens with zero attached hydrogens (tertiary/aromatic N) is 4. The highest BCUT2D eigenvalue weighted by atomic mass is 32.2. The van der Waals surface area contributed by atoms with E-state index in [1.165, 1.54) is 28.9 Å². The lowest BCUT2D eigenvalue weighted by atomic mass is 10.3. The minimum absolute atomic E-state index is 0.221. The summed E-state index contributed by atoms with van der Waals surface area (Å²) in [6.07, 6.45) is 1.15. The molecule has 0 saturated carbocycles. The molecule has 7 nitrogen and oxygen atoms in total. The van der Waals surface area contributed by atoms with Gasteiger partial charge < -0.3 is 5.32 Å². The number of aromatic nitrogens is 4. The molecule has 0 fully saturated rings. The standard InChI is InChI=1S/C15H14FN5O2S/c1-24(22,23)14-7-5-13(6-8-14)21-15(18-19-20-21)10-17-12-4-2-3-11(16)9-12/h2-9,17H,10H2,1H3. The number of benzene rings is 2. The molecule has 1 heterocycles. The van der Waals surface area contributed by atoms with E-state index in [2.05, 4.69) is 20.8 Å². The molecule has 0 atom stereocenters. The van der Waals surface area contributed by atoms with Crippen LogP contribution in [-0.4, -0.2) is 34.9 Å². The van der Waals surface area contributed by atoms with Gasteiger partial charge in [-0.3, -0.25) is 0 Å². The SMILES string of the molecule is CS(=O)(=O)c1ccc(-n2nnnc2CNc2cccc(F)c2)cc1. The van der Waals surface area contributed by atoms with E-state index < -0.39 is 9.84 Å². The van der Waals surface area contributed by atoms with Gasteiger partial charge in [0.15, 0.2) is 15.7 Å². The molecule has 2 aromatic carbocycles. The van der Waals surface area contributed by atoms with Gasteiger partial charge in [0.25, 0.3) is 0 Å². The summed E-state index contributed by atoms with van der Waals surface area (Å²) in [5.41, 5.74) is 1.24. The van der Waals surface area contributed by atoms with E-state index >= 15 is 0 Å². The van der Waals surface area contributed by atoms with Crippen LogP contribution in [0.5, 0.6) is 0 Å². The van der Waals surface area contributed by atoms with Crippen molar-refractivity contribution >= 4 is 15.5 Å². The Hall–Kier alpha value is -2.81. The number of tetrazole rings is 1. The maximum Gasteiger partial charge on any atom is 0.175 e. The summed E-state index contributed by atoms with van der Waals surface area (Å²) in [6.45, 7) is 0.282. The van der Waals surface area contributed by atoms with E-state index in [-0.39, 0.29) is 17.3 Å². The third-order valence-corrected chi connectivity index (χ3v) is 4.45. The van der Waals surface area contributed by atoms with Gasteiger partial charge in [-0.05, 0) is 52.9 Å². The fraction of sp³-hybridized carbons (Fsp3) is 0.133. The second-order valence-corrected chi connectivity index (χ2v) is 7.15. The monoisotopic (exact) mass is 347 g/mol. The number of hydrogen-bond donors (Lipinski definition) is 1. The molecule has 0 aliphatic carbocycles. The maximum absolute atomic E-state index is 13.2. The molecule has 0 amide bonds. The zero-order valence-corrected chi connectivity index (χ0v) is 13.5. The average molecular weight is 347 g/mol. The van der Waals surface area contributed by atoms with E-state index in [0.717, 1.165) is 6.26 Å². The lowest BCUT2D eigenvalue weighted by Crippen LogP contribution is -2.09. The van der Waals surface area contributed by atoms with Crippen LogP contribution >= 0.6 is 0 Å². The van der Waals surface area contributed by atoms with Gasteiger partial charge in [-0.2, -0.15) is 4.68 Å². The molecule has 0 bridgehead atoms. The number of halogens is 1. The van der Waals surface area contributed by atoms with Crippen LogP contribution in [0.3, 0.4) is 0 Å². The van der Waals surface area contributed by atoms with E-state index in [1.54, 1.807) is 24.3 Å². The quantitative estimate of drug-likeness (QED) is 0.757. The van der Waals surface area contributed by atoms with Crippen molar-refractivity contribution in [1.29, 1.82) is 0 Å². The average Bonchev–Trinajstić information content (AvgIpc) is 3.01. The van der Waals surface area contributed by atoms with E-state index in [9.17, 15) is 12.8 Å². The van der Waals surface area contributed by atoms with Gasteiger partial charge in [-0.25, -0.2) is 12.8 Å². The Morgan fingerprint density at radius 2 is 1.92 bits per heavy atom. The van der Waals surface area contributed by atoms with Gasteiger partial charge in [-0.1, -0.05) is 6.07 Å². The minimum Gasteiger partial charge on any atom is -0.378 e. The second-order valence-electron chi connectivity index (χ2n) is 5.14. The van der Waals surface area contributed by atoms with Crippen LogP contribution in [0.2, 0.25) is 0 Å². The second kappa shape index (κ2) is 6.36. The van der Waals surface area contributed by atoms with Crippen LogP contribution in [0.4, 0.5) is 10.1 Å². The predicted molar refractivity (Wildman–Crippen MR) is 86.0 cm³/mol. The van der Waals surface area contributed by atoms with Gasteiger partial charge in [0.2, 0.25) is 0 Å². The summed E-state index contributed by atoms with van der Waals surface area (Å²) in [5, 5.41) is 14.5. The van der Waals surface area contributed by atoms with Crippen LogP contribution in [0.15, 0.2) is 53.4 Å². The Balaban J connectivity index is 1.80. The van der Waals surface area contributed by atoms with E-state index in [4.69, 9.17) is 0 Å². The molecule has 3 rings (SSSR count). The first-order valence-electron chi connectivity index (χ1n) is 7.01. The van der Waals surface area contributed by atoms with Crippen molar-refractivity contribution in [1.82, 2.24) is 20.2 Å². The number of rotatable bonds is 5. The van der Waals surface area contributed by atoms with E-state index in [1.807, 2.05) is 0 Å². The number of anilines is 1. The summed E-state index contributed by atoms with van der Waals surface area (Å²) in [6, 6.07) is 12.3. The first-order chi connectivity index (χ1) is 11.4. The molecule has 1 aromatic heterocycles. The van der Waals surface area contributed by atoms with E-state index in [0.29, 0.717) is 17.2 Å². The van der Waals surface area contributed by atoms with Crippen molar-refractivity contribution in [3.8, 4) is 5.69 Å². The maximum atomic E-state index is 13.2. The topological polar surface area (TPSA) is 89.8 Å². The third kappa shape index (κ3) is 3.57.